The molecule has 1 aliphatic rings. The standard InChI is InChI=1S/C32H41N5O8/c1-32(2,3)45-31(44)34-20-27(39)35-23(17-21-11-6-4-7-12-21)28(40)33-19-26(38)36-24(18-22-13-8-5-9-14-22)29(41)37-16-10-15-25(37)30(42)43/h4-9,11-14,23-25H,10,15-20H2,1-3H3,(H,33,40)(H,34,44)(H,35,39)(H,36,38)(H,42,43)/t23-,24-,25-/m0/s1. The highest BCUT2D eigenvalue weighted by Gasteiger charge is 2.37. The molecule has 0 spiro atoms. The van der Waals surface area contributed by atoms with Gasteiger partial charge in [-0.2, -0.15) is 0 Å². The van der Waals surface area contributed by atoms with Crippen molar-refractivity contribution in [2.45, 2.75) is 70.2 Å². The van der Waals surface area contributed by atoms with E-state index in [0.29, 0.717) is 12.8 Å². The molecular formula is C32H41N5O8. The minimum Gasteiger partial charge on any atom is -0.480 e. The van der Waals surface area contributed by atoms with Gasteiger partial charge in [0, 0.05) is 19.4 Å². The molecule has 0 saturated carbocycles. The van der Waals surface area contributed by atoms with E-state index < -0.39 is 72.5 Å². The average molecular weight is 624 g/mol. The third kappa shape index (κ3) is 11.6. The molecule has 5 amide bonds. The Hall–Kier alpha value is -4.94. The summed E-state index contributed by atoms with van der Waals surface area (Å²) in [5.41, 5.74) is 0.750. The molecule has 45 heavy (non-hydrogen) atoms. The van der Waals surface area contributed by atoms with Crippen molar-refractivity contribution in [3.63, 3.8) is 0 Å². The Labute approximate surface area is 262 Å². The number of hydrogen-bond donors (Lipinski definition) is 5. The highest BCUT2D eigenvalue weighted by molar-refractivity contribution is 5.94. The molecule has 0 aliphatic carbocycles. The van der Waals surface area contributed by atoms with Gasteiger partial charge in [0.15, 0.2) is 0 Å². The predicted octanol–water partition coefficient (Wildman–Crippen LogP) is 1.16. The zero-order valence-corrected chi connectivity index (χ0v) is 25.7. The van der Waals surface area contributed by atoms with Crippen LogP contribution in [0.15, 0.2) is 60.7 Å². The van der Waals surface area contributed by atoms with Crippen LogP contribution in [0, 0.1) is 0 Å². The van der Waals surface area contributed by atoms with E-state index in [2.05, 4.69) is 21.3 Å². The molecule has 1 saturated heterocycles. The van der Waals surface area contributed by atoms with Crippen LogP contribution in [-0.4, -0.2) is 89.1 Å². The van der Waals surface area contributed by atoms with Crippen LogP contribution in [0.1, 0.15) is 44.7 Å². The molecule has 0 unspecified atom stereocenters. The van der Waals surface area contributed by atoms with Crippen molar-refractivity contribution in [3.8, 4) is 0 Å². The number of nitrogens with one attached hydrogen (secondary N) is 4. The number of ether oxygens (including phenoxy) is 1. The molecule has 3 atom stereocenters. The highest BCUT2D eigenvalue weighted by Crippen LogP contribution is 2.19. The Morgan fingerprint density at radius 3 is 1.87 bits per heavy atom. The number of aliphatic carboxylic acids is 1. The fourth-order valence-corrected chi connectivity index (χ4v) is 4.84. The summed E-state index contributed by atoms with van der Waals surface area (Å²) < 4.78 is 5.13. The van der Waals surface area contributed by atoms with Gasteiger partial charge in [0.1, 0.15) is 30.3 Å². The van der Waals surface area contributed by atoms with Gasteiger partial charge < -0.3 is 36.0 Å². The zero-order chi connectivity index (χ0) is 33.0. The van der Waals surface area contributed by atoms with Gasteiger partial charge in [-0.15, -0.1) is 0 Å². The summed E-state index contributed by atoms with van der Waals surface area (Å²) in [6, 6.07) is 14.8. The fourth-order valence-electron chi connectivity index (χ4n) is 4.84. The van der Waals surface area contributed by atoms with Gasteiger partial charge in [0.25, 0.3) is 0 Å². The van der Waals surface area contributed by atoms with Crippen LogP contribution < -0.4 is 21.3 Å². The second-order valence-corrected chi connectivity index (χ2v) is 11.7. The van der Waals surface area contributed by atoms with Crippen molar-refractivity contribution in [1.82, 2.24) is 26.2 Å². The van der Waals surface area contributed by atoms with Crippen molar-refractivity contribution >= 4 is 35.7 Å². The van der Waals surface area contributed by atoms with Crippen LogP contribution in [0.2, 0.25) is 0 Å². The first-order chi connectivity index (χ1) is 21.3. The fraction of sp³-hybridized carbons (Fsp3) is 0.438. The third-order valence-electron chi connectivity index (χ3n) is 6.89. The normalized spacial score (nSPS) is 15.7. The second kappa shape index (κ2) is 16.2. The molecule has 3 rings (SSSR count). The molecule has 13 nitrogen and oxygen atoms in total. The lowest BCUT2D eigenvalue weighted by Crippen LogP contribution is -2.55. The molecule has 1 fully saturated rings. The number of alkyl carbamates (subject to hydrolysis) is 1. The Kier molecular flexibility index (Phi) is 12.5. The molecule has 2 aromatic carbocycles. The van der Waals surface area contributed by atoms with E-state index in [1.54, 1.807) is 75.4 Å². The number of hydrogen-bond acceptors (Lipinski definition) is 7. The number of carboxylic acid groups (broad SMARTS) is 1. The molecule has 0 radical (unpaired) electrons. The van der Waals surface area contributed by atoms with E-state index in [1.165, 1.54) is 4.90 Å². The summed E-state index contributed by atoms with van der Waals surface area (Å²) in [4.78, 5) is 77.2. The summed E-state index contributed by atoms with van der Waals surface area (Å²) in [6.07, 6.45) is 0.297. The monoisotopic (exact) mass is 623 g/mol. The number of benzene rings is 2. The van der Waals surface area contributed by atoms with Gasteiger partial charge in [-0.25, -0.2) is 9.59 Å². The molecule has 1 heterocycles. The molecule has 13 heteroatoms. The van der Waals surface area contributed by atoms with Gasteiger partial charge >= 0.3 is 12.1 Å². The lowest BCUT2D eigenvalue weighted by molar-refractivity contribution is -0.149. The summed E-state index contributed by atoms with van der Waals surface area (Å²) in [7, 11) is 0. The number of amides is 5. The first-order valence-electron chi connectivity index (χ1n) is 14.8. The maximum atomic E-state index is 13.4. The van der Waals surface area contributed by atoms with Gasteiger partial charge in [0.2, 0.25) is 23.6 Å². The van der Waals surface area contributed by atoms with Gasteiger partial charge in [0.05, 0.1) is 6.54 Å². The van der Waals surface area contributed by atoms with Crippen molar-refractivity contribution in [1.29, 1.82) is 0 Å². The van der Waals surface area contributed by atoms with E-state index in [1.807, 2.05) is 6.07 Å². The SMILES string of the molecule is CC(C)(C)OC(=O)NCC(=O)N[C@@H](Cc1ccccc1)C(=O)NCC(=O)N[C@@H](Cc1ccccc1)C(=O)N1CCC[C@H]1C(=O)O. The quantitative estimate of drug-likeness (QED) is 0.220. The van der Waals surface area contributed by atoms with E-state index in [9.17, 15) is 33.9 Å². The molecule has 1 aliphatic heterocycles. The van der Waals surface area contributed by atoms with Crippen molar-refractivity contribution < 1.29 is 38.6 Å². The van der Waals surface area contributed by atoms with E-state index in [-0.39, 0.29) is 19.4 Å². The van der Waals surface area contributed by atoms with Gasteiger partial charge in [-0.3, -0.25) is 19.2 Å². The number of carbonyl (C=O) groups excluding carboxylic acids is 5. The second-order valence-electron chi connectivity index (χ2n) is 11.7. The lowest BCUT2D eigenvalue weighted by atomic mass is 10.0. The van der Waals surface area contributed by atoms with Crippen molar-refractivity contribution in [2.24, 2.45) is 0 Å². The molecule has 242 valence electrons. The van der Waals surface area contributed by atoms with Gasteiger partial charge in [-0.05, 0) is 44.7 Å². The Bertz CT molecular complexity index is 1350. The topological polar surface area (TPSA) is 183 Å². The summed E-state index contributed by atoms with van der Waals surface area (Å²) in [5.74, 6) is -3.59. The van der Waals surface area contributed by atoms with Crippen LogP contribution in [-0.2, 0) is 41.6 Å². The van der Waals surface area contributed by atoms with Crippen LogP contribution in [0.4, 0.5) is 4.79 Å². The third-order valence-corrected chi connectivity index (χ3v) is 6.89. The summed E-state index contributed by atoms with van der Waals surface area (Å²) in [5, 5.41) is 19.7. The first-order valence-corrected chi connectivity index (χ1v) is 14.8. The van der Waals surface area contributed by atoms with E-state index in [4.69, 9.17) is 4.74 Å². The highest BCUT2D eigenvalue weighted by atomic mass is 16.6. The van der Waals surface area contributed by atoms with Crippen LogP contribution >= 0.6 is 0 Å². The summed E-state index contributed by atoms with van der Waals surface area (Å²) in [6.45, 7) is 4.37. The summed E-state index contributed by atoms with van der Waals surface area (Å²) >= 11 is 0. The van der Waals surface area contributed by atoms with Crippen LogP contribution in [0.25, 0.3) is 0 Å². The van der Waals surface area contributed by atoms with Crippen molar-refractivity contribution in [3.05, 3.63) is 71.8 Å². The smallest absolute Gasteiger partial charge is 0.408 e. The van der Waals surface area contributed by atoms with E-state index in [0.717, 1.165) is 11.1 Å². The first kappa shape index (κ1) is 34.5. The van der Waals surface area contributed by atoms with E-state index >= 15 is 0 Å². The largest absolute Gasteiger partial charge is 0.480 e. The number of rotatable bonds is 13. The predicted molar refractivity (Wildman–Crippen MR) is 164 cm³/mol. The van der Waals surface area contributed by atoms with Crippen LogP contribution in [0.3, 0.4) is 0 Å². The van der Waals surface area contributed by atoms with Crippen LogP contribution in [0.5, 0.6) is 0 Å². The lowest BCUT2D eigenvalue weighted by Gasteiger charge is -2.27. The molecular weight excluding hydrogens is 582 g/mol. The zero-order valence-electron chi connectivity index (χ0n) is 25.7. The minimum atomic E-state index is -1.11. The number of likely N-dealkylation sites (tertiary alicyclic amines) is 1. The minimum absolute atomic E-state index is 0.104. The van der Waals surface area contributed by atoms with Crippen molar-refractivity contribution in [2.75, 3.05) is 19.6 Å². The Balaban J connectivity index is 1.65. The molecule has 0 bridgehead atoms. The average Bonchev–Trinajstić information content (AvgIpc) is 3.49. The molecule has 5 N–H and O–H groups in total. The number of carboxylic acids is 1. The number of carbonyl (C=O) groups is 6. The molecule has 2 aromatic rings. The Morgan fingerprint density at radius 1 is 0.822 bits per heavy atom. The molecule has 0 aromatic heterocycles. The number of nitrogens with zero attached hydrogens (tertiary/aromatic N) is 1. The maximum Gasteiger partial charge on any atom is 0.408 e. The maximum absolute atomic E-state index is 13.4. The Morgan fingerprint density at radius 2 is 1.33 bits per heavy atom. The van der Waals surface area contributed by atoms with Gasteiger partial charge in [-0.1, -0.05) is 60.7 Å².